The molecule has 0 fully saturated rings. The van der Waals surface area contributed by atoms with Crippen molar-refractivity contribution in [2.24, 2.45) is 0 Å². The molecule has 0 bridgehead atoms. The number of benzene rings is 2. The molecule has 1 N–H and O–H groups in total. The van der Waals surface area contributed by atoms with Crippen LogP contribution in [0.4, 0.5) is 11.4 Å². The molecule has 2 aromatic carbocycles. The molecule has 1 heteroatoms. The summed E-state index contributed by atoms with van der Waals surface area (Å²) < 4.78 is 0. The topological polar surface area (TPSA) is 12.0 Å². The van der Waals surface area contributed by atoms with Crippen LogP contribution < -0.4 is 5.32 Å². The lowest BCUT2D eigenvalue weighted by Crippen LogP contribution is -2.11. The number of aryl methyl sites for hydroxylation is 2. The van der Waals surface area contributed by atoms with E-state index in [2.05, 4.69) is 82.4 Å². The number of rotatable bonds is 2. The molecule has 0 atom stereocenters. The van der Waals surface area contributed by atoms with Crippen molar-refractivity contribution in [3.63, 3.8) is 0 Å². The molecule has 0 saturated heterocycles. The molecule has 0 spiro atoms. The van der Waals surface area contributed by atoms with Crippen molar-refractivity contribution in [2.45, 2.75) is 40.0 Å². The minimum Gasteiger partial charge on any atom is -0.355 e. The largest absolute Gasteiger partial charge is 0.355 e. The van der Waals surface area contributed by atoms with Gasteiger partial charge in [0.25, 0.3) is 0 Å². The average molecular weight is 253 g/mol. The maximum absolute atomic E-state index is 3.55. The highest BCUT2D eigenvalue weighted by Gasteiger charge is 2.14. The van der Waals surface area contributed by atoms with E-state index in [0.717, 1.165) is 0 Å². The van der Waals surface area contributed by atoms with E-state index in [-0.39, 0.29) is 5.41 Å². The Bertz CT molecular complexity index is 576. The highest BCUT2D eigenvalue weighted by Crippen LogP contribution is 2.29. The SMILES string of the molecule is Cc1ccccc1Nc1cc(C(C)(C)C)ccc1C. The zero-order valence-electron chi connectivity index (χ0n) is 12.5. The number of anilines is 2. The summed E-state index contributed by atoms with van der Waals surface area (Å²) in [6, 6.07) is 15.1. The van der Waals surface area contributed by atoms with Gasteiger partial charge in [0.05, 0.1) is 0 Å². The molecular weight excluding hydrogens is 230 g/mol. The molecule has 0 aliphatic carbocycles. The van der Waals surface area contributed by atoms with E-state index in [9.17, 15) is 0 Å². The van der Waals surface area contributed by atoms with Gasteiger partial charge in [-0.1, -0.05) is 51.1 Å². The monoisotopic (exact) mass is 253 g/mol. The highest BCUT2D eigenvalue weighted by atomic mass is 14.9. The Morgan fingerprint density at radius 1 is 0.789 bits per heavy atom. The first kappa shape index (κ1) is 13.7. The Labute approximate surface area is 116 Å². The van der Waals surface area contributed by atoms with Gasteiger partial charge >= 0.3 is 0 Å². The van der Waals surface area contributed by atoms with Crippen molar-refractivity contribution in [3.8, 4) is 0 Å². The molecule has 0 aromatic heterocycles. The molecule has 19 heavy (non-hydrogen) atoms. The summed E-state index contributed by atoms with van der Waals surface area (Å²) in [7, 11) is 0. The molecule has 1 nitrogen and oxygen atoms in total. The molecular formula is C18H23N. The second-order valence-corrected chi connectivity index (χ2v) is 6.22. The normalized spacial score (nSPS) is 11.4. The van der Waals surface area contributed by atoms with Gasteiger partial charge in [0.2, 0.25) is 0 Å². The van der Waals surface area contributed by atoms with Crippen LogP contribution in [-0.4, -0.2) is 0 Å². The van der Waals surface area contributed by atoms with E-state index in [1.807, 2.05) is 0 Å². The Hall–Kier alpha value is -1.76. The van der Waals surface area contributed by atoms with Gasteiger partial charge in [-0.25, -0.2) is 0 Å². The minimum absolute atomic E-state index is 0.176. The van der Waals surface area contributed by atoms with Crippen molar-refractivity contribution in [1.82, 2.24) is 0 Å². The van der Waals surface area contributed by atoms with Crippen molar-refractivity contribution in [1.29, 1.82) is 0 Å². The lowest BCUT2D eigenvalue weighted by Gasteiger charge is -2.21. The van der Waals surface area contributed by atoms with Crippen LogP contribution in [0.5, 0.6) is 0 Å². The maximum atomic E-state index is 3.55. The molecule has 0 amide bonds. The molecule has 2 rings (SSSR count). The first-order valence-corrected chi connectivity index (χ1v) is 6.82. The molecule has 0 unspecified atom stereocenters. The summed E-state index contributed by atoms with van der Waals surface area (Å²) in [5.41, 5.74) is 6.45. The number of hydrogen-bond acceptors (Lipinski definition) is 1. The van der Waals surface area contributed by atoms with Crippen molar-refractivity contribution in [2.75, 3.05) is 5.32 Å². The maximum Gasteiger partial charge on any atom is 0.0416 e. The van der Waals surface area contributed by atoms with Gasteiger partial charge in [0, 0.05) is 11.4 Å². The Balaban J connectivity index is 2.38. The molecule has 0 aliphatic heterocycles. The van der Waals surface area contributed by atoms with Crippen LogP contribution in [-0.2, 0) is 5.41 Å². The molecule has 2 aromatic rings. The second kappa shape index (κ2) is 5.08. The van der Waals surface area contributed by atoms with Gasteiger partial charge in [-0.05, 0) is 48.1 Å². The predicted octanol–water partition coefficient (Wildman–Crippen LogP) is 5.34. The molecule has 0 aliphatic rings. The third-order valence-electron chi connectivity index (χ3n) is 3.52. The Morgan fingerprint density at radius 3 is 2.05 bits per heavy atom. The molecule has 0 heterocycles. The summed E-state index contributed by atoms with van der Waals surface area (Å²) in [6.07, 6.45) is 0. The van der Waals surface area contributed by atoms with Crippen LogP contribution in [0, 0.1) is 13.8 Å². The third kappa shape index (κ3) is 3.17. The van der Waals surface area contributed by atoms with Crippen LogP contribution in [0.25, 0.3) is 0 Å². The zero-order chi connectivity index (χ0) is 14.0. The fourth-order valence-electron chi connectivity index (χ4n) is 2.08. The predicted molar refractivity (Wildman–Crippen MR) is 84.3 cm³/mol. The smallest absolute Gasteiger partial charge is 0.0416 e. The zero-order valence-corrected chi connectivity index (χ0v) is 12.5. The van der Waals surface area contributed by atoms with Crippen LogP contribution in [0.2, 0.25) is 0 Å². The molecule has 0 saturated carbocycles. The fraction of sp³-hybridized carbons (Fsp3) is 0.333. The summed E-state index contributed by atoms with van der Waals surface area (Å²) in [5.74, 6) is 0. The number of nitrogens with one attached hydrogen (secondary N) is 1. The van der Waals surface area contributed by atoms with Crippen molar-refractivity contribution in [3.05, 3.63) is 59.2 Å². The second-order valence-electron chi connectivity index (χ2n) is 6.22. The molecule has 100 valence electrons. The standard InChI is InChI=1S/C18H23N/c1-13-8-6-7-9-16(13)19-17-12-15(18(3,4)5)11-10-14(17)2/h6-12,19H,1-5H3. The van der Waals surface area contributed by atoms with E-state index in [1.54, 1.807) is 0 Å². The lowest BCUT2D eigenvalue weighted by molar-refractivity contribution is 0.590. The van der Waals surface area contributed by atoms with Crippen LogP contribution in [0.3, 0.4) is 0 Å². The quantitative estimate of drug-likeness (QED) is 0.761. The average Bonchev–Trinajstić information content (AvgIpc) is 2.33. The summed E-state index contributed by atoms with van der Waals surface area (Å²) in [4.78, 5) is 0. The number of hydrogen-bond donors (Lipinski definition) is 1. The summed E-state index contributed by atoms with van der Waals surface area (Å²) >= 11 is 0. The van der Waals surface area contributed by atoms with Crippen LogP contribution in [0.1, 0.15) is 37.5 Å². The first-order valence-electron chi connectivity index (χ1n) is 6.82. The number of para-hydroxylation sites is 1. The van der Waals surface area contributed by atoms with Crippen molar-refractivity contribution < 1.29 is 0 Å². The van der Waals surface area contributed by atoms with Crippen LogP contribution in [0.15, 0.2) is 42.5 Å². The van der Waals surface area contributed by atoms with Gasteiger partial charge in [-0.2, -0.15) is 0 Å². The van der Waals surface area contributed by atoms with Gasteiger partial charge < -0.3 is 5.32 Å². The Kier molecular flexibility index (Phi) is 3.66. The van der Waals surface area contributed by atoms with E-state index in [1.165, 1.54) is 28.1 Å². The third-order valence-corrected chi connectivity index (χ3v) is 3.52. The first-order chi connectivity index (χ1) is 8.88. The van der Waals surface area contributed by atoms with Gasteiger partial charge in [-0.3, -0.25) is 0 Å². The van der Waals surface area contributed by atoms with E-state index in [0.29, 0.717) is 0 Å². The highest BCUT2D eigenvalue weighted by molar-refractivity contribution is 5.66. The summed E-state index contributed by atoms with van der Waals surface area (Å²) in [5, 5.41) is 3.55. The van der Waals surface area contributed by atoms with Gasteiger partial charge in [0.15, 0.2) is 0 Å². The minimum atomic E-state index is 0.176. The molecule has 0 radical (unpaired) electrons. The lowest BCUT2D eigenvalue weighted by atomic mass is 9.86. The van der Waals surface area contributed by atoms with E-state index >= 15 is 0 Å². The van der Waals surface area contributed by atoms with E-state index < -0.39 is 0 Å². The van der Waals surface area contributed by atoms with E-state index in [4.69, 9.17) is 0 Å². The fourth-order valence-corrected chi connectivity index (χ4v) is 2.08. The summed E-state index contributed by atoms with van der Waals surface area (Å²) in [6.45, 7) is 11.0. The van der Waals surface area contributed by atoms with Gasteiger partial charge in [0.1, 0.15) is 0 Å². The van der Waals surface area contributed by atoms with Gasteiger partial charge in [-0.15, -0.1) is 0 Å². The van der Waals surface area contributed by atoms with Crippen LogP contribution >= 0.6 is 0 Å². The Morgan fingerprint density at radius 2 is 1.42 bits per heavy atom. The van der Waals surface area contributed by atoms with Crippen molar-refractivity contribution >= 4 is 11.4 Å².